The van der Waals surface area contributed by atoms with Crippen LogP contribution in [-0.2, 0) is 6.54 Å². The monoisotopic (exact) mass is 358 g/mol. The Morgan fingerprint density at radius 2 is 2.08 bits per heavy atom. The van der Waals surface area contributed by atoms with Gasteiger partial charge in [0, 0.05) is 17.5 Å². The van der Waals surface area contributed by atoms with E-state index >= 15 is 0 Å². The number of piperidine rings is 1. The number of nitrogens with zero attached hydrogens (tertiary/aromatic N) is 3. The molecule has 1 N–H and O–H groups in total. The first kappa shape index (κ1) is 15.7. The van der Waals surface area contributed by atoms with Crippen LogP contribution >= 0.6 is 22.7 Å². The van der Waals surface area contributed by atoms with Crippen LogP contribution in [-0.4, -0.2) is 33.9 Å². The summed E-state index contributed by atoms with van der Waals surface area (Å²) in [7, 11) is 0. The third-order valence-corrected chi connectivity index (χ3v) is 5.80. The zero-order valence-corrected chi connectivity index (χ0v) is 14.8. The van der Waals surface area contributed by atoms with Gasteiger partial charge in [-0.2, -0.15) is 0 Å². The van der Waals surface area contributed by atoms with Gasteiger partial charge >= 0.3 is 0 Å². The third kappa shape index (κ3) is 3.48. The highest BCUT2D eigenvalue weighted by molar-refractivity contribution is 7.16. The van der Waals surface area contributed by atoms with Crippen molar-refractivity contribution in [1.82, 2.24) is 14.9 Å². The molecule has 0 unspecified atom stereocenters. The van der Waals surface area contributed by atoms with Gasteiger partial charge in [-0.15, -0.1) is 22.7 Å². The van der Waals surface area contributed by atoms with E-state index in [9.17, 15) is 4.79 Å². The number of benzene rings is 1. The van der Waals surface area contributed by atoms with E-state index in [2.05, 4.69) is 20.2 Å². The second-order valence-corrected chi connectivity index (χ2v) is 7.71. The highest BCUT2D eigenvalue weighted by atomic mass is 32.1. The van der Waals surface area contributed by atoms with E-state index in [1.165, 1.54) is 41.9 Å². The highest BCUT2D eigenvalue weighted by Crippen LogP contribution is 2.22. The number of carbonyl (C=O) groups excluding carboxylic acids is 1. The lowest BCUT2D eigenvalue weighted by molar-refractivity contribution is 0.102. The van der Waals surface area contributed by atoms with Gasteiger partial charge in [0.1, 0.15) is 0 Å². The zero-order chi connectivity index (χ0) is 16.4. The zero-order valence-electron chi connectivity index (χ0n) is 13.2. The minimum Gasteiger partial charge on any atom is -0.298 e. The number of aromatic nitrogens is 2. The summed E-state index contributed by atoms with van der Waals surface area (Å²) < 4.78 is 1.02. The minimum absolute atomic E-state index is 0.121. The van der Waals surface area contributed by atoms with E-state index in [-0.39, 0.29) is 5.91 Å². The van der Waals surface area contributed by atoms with Crippen LogP contribution in [0.25, 0.3) is 10.2 Å². The Kier molecular flexibility index (Phi) is 4.55. The van der Waals surface area contributed by atoms with Gasteiger partial charge in [0.05, 0.1) is 21.4 Å². The molecule has 0 spiro atoms. The second kappa shape index (κ2) is 6.96. The number of hydrogen-bond acceptors (Lipinski definition) is 6. The topological polar surface area (TPSA) is 58.1 Å². The molecule has 0 atom stereocenters. The Bertz CT molecular complexity index is 851. The molecule has 0 saturated carbocycles. The average Bonchev–Trinajstić information content (AvgIpc) is 3.24. The molecule has 4 rings (SSSR count). The molecule has 1 amide bonds. The van der Waals surface area contributed by atoms with Gasteiger partial charge in [-0.25, -0.2) is 9.97 Å². The first-order valence-corrected chi connectivity index (χ1v) is 9.85. The van der Waals surface area contributed by atoms with E-state index in [4.69, 9.17) is 0 Å². The Morgan fingerprint density at radius 1 is 1.21 bits per heavy atom. The van der Waals surface area contributed by atoms with Gasteiger partial charge in [0.2, 0.25) is 0 Å². The van der Waals surface area contributed by atoms with Gasteiger partial charge in [-0.3, -0.25) is 15.0 Å². The lowest BCUT2D eigenvalue weighted by atomic mass is 10.1. The lowest BCUT2D eigenvalue weighted by Gasteiger charge is -2.25. The number of amides is 1. The number of thiazole rings is 2. The molecule has 1 aliphatic rings. The van der Waals surface area contributed by atoms with Gasteiger partial charge in [0.25, 0.3) is 5.91 Å². The molecule has 1 saturated heterocycles. The van der Waals surface area contributed by atoms with E-state index in [0.29, 0.717) is 10.7 Å². The standard InChI is InChI=1S/C17H18N4OS2/c22-16(12-4-5-14-15(8-12)24-11-18-14)20-17-19-13(10-23-17)9-21-6-2-1-3-7-21/h4-5,8,10-11H,1-3,6-7,9H2,(H,19,20,22). The number of anilines is 1. The molecule has 24 heavy (non-hydrogen) atoms. The first-order valence-electron chi connectivity index (χ1n) is 8.09. The molecule has 1 aromatic carbocycles. The van der Waals surface area contributed by atoms with Crippen LogP contribution in [0.3, 0.4) is 0 Å². The molecule has 0 radical (unpaired) electrons. The summed E-state index contributed by atoms with van der Waals surface area (Å²) in [5, 5.41) is 5.61. The van der Waals surface area contributed by atoms with Crippen molar-refractivity contribution in [2.45, 2.75) is 25.8 Å². The Hall–Kier alpha value is -1.83. The minimum atomic E-state index is -0.121. The van der Waals surface area contributed by atoms with Crippen LogP contribution in [0.4, 0.5) is 5.13 Å². The number of hydrogen-bond donors (Lipinski definition) is 1. The summed E-state index contributed by atoms with van der Waals surface area (Å²) in [5.74, 6) is -0.121. The predicted molar refractivity (Wildman–Crippen MR) is 98.8 cm³/mol. The molecule has 7 heteroatoms. The summed E-state index contributed by atoms with van der Waals surface area (Å²) >= 11 is 3.03. The highest BCUT2D eigenvalue weighted by Gasteiger charge is 2.14. The Labute approximate surface area is 148 Å². The SMILES string of the molecule is O=C(Nc1nc(CN2CCCCC2)cs1)c1ccc2ncsc2c1. The fraction of sp³-hybridized carbons (Fsp3) is 0.353. The van der Waals surface area contributed by atoms with E-state index in [1.807, 2.05) is 17.5 Å². The molecule has 124 valence electrons. The molecular formula is C17H18N4OS2. The summed E-state index contributed by atoms with van der Waals surface area (Å²) in [6.45, 7) is 3.17. The average molecular weight is 358 g/mol. The van der Waals surface area contributed by atoms with Crippen LogP contribution in [0.5, 0.6) is 0 Å². The molecule has 3 heterocycles. The van der Waals surface area contributed by atoms with Crippen LogP contribution in [0.15, 0.2) is 29.1 Å². The molecule has 5 nitrogen and oxygen atoms in total. The molecular weight excluding hydrogens is 340 g/mol. The maximum atomic E-state index is 12.4. The number of fused-ring (bicyclic) bond motifs is 1. The fourth-order valence-electron chi connectivity index (χ4n) is 2.95. The lowest BCUT2D eigenvalue weighted by Crippen LogP contribution is -2.29. The van der Waals surface area contributed by atoms with Gasteiger partial charge in [0.15, 0.2) is 5.13 Å². The first-order chi connectivity index (χ1) is 11.8. The maximum Gasteiger partial charge on any atom is 0.257 e. The van der Waals surface area contributed by atoms with Crippen molar-refractivity contribution in [1.29, 1.82) is 0 Å². The summed E-state index contributed by atoms with van der Waals surface area (Å²) in [5.41, 5.74) is 4.39. The number of nitrogens with one attached hydrogen (secondary N) is 1. The number of likely N-dealkylation sites (tertiary alicyclic amines) is 1. The second-order valence-electron chi connectivity index (χ2n) is 5.97. The largest absolute Gasteiger partial charge is 0.298 e. The van der Waals surface area contributed by atoms with Crippen LogP contribution < -0.4 is 5.32 Å². The van der Waals surface area contributed by atoms with Crippen molar-refractivity contribution in [3.05, 3.63) is 40.3 Å². The van der Waals surface area contributed by atoms with E-state index in [0.717, 1.165) is 35.5 Å². The molecule has 0 aliphatic carbocycles. The smallest absolute Gasteiger partial charge is 0.257 e. The molecule has 2 aromatic heterocycles. The van der Waals surface area contributed by atoms with Crippen LogP contribution in [0.2, 0.25) is 0 Å². The van der Waals surface area contributed by atoms with E-state index < -0.39 is 0 Å². The number of rotatable bonds is 4. The van der Waals surface area contributed by atoms with Crippen molar-refractivity contribution in [3.63, 3.8) is 0 Å². The fourth-order valence-corrected chi connectivity index (χ4v) is 4.36. The van der Waals surface area contributed by atoms with Crippen molar-refractivity contribution >= 4 is 43.9 Å². The quantitative estimate of drug-likeness (QED) is 0.766. The Balaban J connectivity index is 1.41. The molecule has 1 fully saturated rings. The van der Waals surface area contributed by atoms with E-state index in [1.54, 1.807) is 11.6 Å². The maximum absolute atomic E-state index is 12.4. The third-order valence-electron chi connectivity index (χ3n) is 4.20. The van der Waals surface area contributed by atoms with Crippen LogP contribution in [0, 0.1) is 0 Å². The Morgan fingerprint density at radius 3 is 2.96 bits per heavy atom. The summed E-state index contributed by atoms with van der Waals surface area (Å²) in [6.07, 6.45) is 3.88. The molecule has 3 aromatic rings. The van der Waals surface area contributed by atoms with Gasteiger partial charge in [-0.1, -0.05) is 6.42 Å². The van der Waals surface area contributed by atoms with Gasteiger partial charge < -0.3 is 0 Å². The van der Waals surface area contributed by atoms with Gasteiger partial charge in [-0.05, 0) is 44.1 Å². The van der Waals surface area contributed by atoms with Crippen molar-refractivity contribution in [2.75, 3.05) is 18.4 Å². The number of carbonyl (C=O) groups is 1. The molecule has 1 aliphatic heterocycles. The summed E-state index contributed by atoms with van der Waals surface area (Å²) in [4.78, 5) is 23.6. The van der Waals surface area contributed by atoms with Crippen LogP contribution in [0.1, 0.15) is 35.3 Å². The van der Waals surface area contributed by atoms with Crippen molar-refractivity contribution in [3.8, 4) is 0 Å². The normalized spacial score (nSPS) is 15.7. The summed E-state index contributed by atoms with van der Waals surface area (Å²) in [6, 6.07) is 5.56. The molecule has 0 bridgehead atoms. The predicted octanol–water partition coefficient (Wildman–Crippen LogP) is 3.99. The van der Waals surface area contributed by atoms with Crippen molar-refractivity contribution in [2.24, 2.45) is 0 Å². The van der Waals surface area contributed by atoms with Crippen molar-refractivity contribution < 1.29 is 4.79 Å².